The fraction of sp³-hybridized carbons (Fsp3) is 0.111. The van der Waals surface area contributed by atoms with Gasteiger partial charge in [0.1, 0.15) is 0 Å². The quantitative estimate of drug-likeness (QED) is 0.523. The standard InChI is InChI=1S/C9H3ClF3NO2/c10-14-6-2-1-4(9(11,12)13)3-5(6)7(15)8(14)16/h1-3H. The predicted molar refractivity (Wildman–Crippen MR) is 49.1 cm³/mol. The summed E-state index contributed by atoms with van der Waals surface area (Å²) in [5, 5.41) is 0. The van der Waals surface area contributed by atoms with Crippen LogP contribution in [-0.4, -0.2) is 11.7 Å². The first kappa shape index (κ1) is 10.9. The fourth-order valence-corrected chi connectivity index (χ4v) is 1.60. The Balaban J connectivity index is 2.58. The zero-order valence-electron chi connectivity index (χ0n) is 7.51. The maximum absolute atomic E-state index is 12.3. The number of ketones is 1. The lowest BCUT2D eigenvalue weighted by Gasteiger charge is -2.08. The molecule has 0 fully saturated rings. The Bertz CT molecular complexity index is 498. The van der Waals surface area contributed by atoms with E-state index in [0.29, 0.717) is 10.5 Å². The van der Waals surface area contributed by atoms with E-state index in [1.54, 1.807) is 0 Å². The van der Waals surface area contributed by atoms with Gasteiger partial charge in [0.15, 0.2) is 0 Å². The van der Waals surface area contributed by atoms with Crippen molar-refractivity contribution in [1.29, 1.82) is 0 Å². The van der Waals surface area contributed by atoms with Crippen LogP contribution in [0.4, 0.5) is 18.9 Å². The first-order valence-electron chi connectivity index (χ1n) is 4.08. The summed E-state index contributed by atoms with van der Waals surface area (Å²) in [4.78, 5) is 22.3. The molecule has 1 amide bonds. The van der Waals surface area contributed by atoms with E-state index in [2.05, 4.69) is 0 Å². The van der Waals surface area contributed by atoms with Crippen LogP contribution < -0.4 is 4.42 Å². The number of hydrogen-bond donors (Lipinski definition) is 0. The molecule has 0 aromatic heterocycles. The van der Waals surface area contributed by atoms with Crippen molar-refractivity contribution >= 4 is 29.2 Å². The van der Waals surface area contributed by atoms with Crippen molar-refractivity contribution in [3.05, 3.63) is 29.3 Å². The number of alkyl halides is 3. The number of amides is 1. The van der Waals surface area contributed by atoms with Crippen LogP contribution in [0.3, 0.4) is 0 Å². The highest BCUT2D eigenvalue weighted by molar-refractivity contribution is 6.61. The molecule has 0 saturated heterocycles. The summed E-state index contributed by atoms with van der Waals surface area (Å²) in [6, 6.07) is 2.38. The molecule has 1 aliphatic rings. The first-order valence-corrected chi connectivity index (χ1v) is 4.42. The number of rotatable bonds is 0. The average molecular weight is 250 g/mol. The molecule has 0 saturated carbocycles. The van der Waals surface area contributed by atoms with Crippen molar-refractivity contribution < 1.29 is 22.8 Å². The molecule has 84 valence electrons. The van der Waals surface area contributed by atoms with Crippen LogP contribution in [0, 0.1) is 0 Å². The molecule has 0 bridgehead atoms. The number of hydrogen-bond acceptors (Lipinski definition) is 2. The SMILES string of the molecule is O=C1C(=O)N(Cl)c2ccc(C(F)(F)F)cc21. The van der Waals surface area contributed by atoms with E-state index >= 15 is 0 Å². The van der Waals surface area contributed by atoms with Gasteiger partial charge in [0.2, 0.25) is 0 Å². The second kappa shape index (κ2) is 3.21. The van der Waals surface area contributed by atoms with Gasteiger partial charge in [-0.2, -0.15) is 13.2 Å². The largest absolute Gasteiger partial charge is 0.416 e. The molecule has 2 rings (SSSR count). The highest BCUT2D eigenvalue weighted by atomic mass is 35.5. The molecule has 3 nitrogen and oxygen atoms in total. The summed E-state index contributed by atoms with van der Waals surface area (Å²) < 4.78 is 37.5. The summed E-state index contributed by atoms with van der Waals surface area (Å²) in [6.45, 7) is 0. The van der Waals surface area contributed by atoms with Gasteiger partial charge in [0.25, 0.3) is 5.78 Å². The maximum Gasteiger partial charge on any atom is 0.416 e. The summed E-state index contributed by atoms with van der Waals surface area (Å²) in [6.07, 6.45) is -4.56. The zero-order chi connectivity index (χ0) is 12.1. The van der Waals surface area contributed by atoms with Gasteiger partial charge in [-0.15, -0.1) is 0 Å². The van der Waals surface area contributed by atoms with Gasteiger partial charge in [-0.25, -0.2) is 4.42 Å². The lowest BCUT2D eigenvalue weighted by Crippen LogP contribution is -2.19. The minimum atomic E-state index is -4.56. The second-order valence-corrected chi connectivity index (χ2v) is 3.48. The Morgan fingerprint density at radius 1 is 1.19 bits per heavy atom. The molecule has 1 aromatic carbocycles. The molecule has 1 aliphatic heterocycles. The van der Waals surface area contributed by atoms with E-state index in [1.165, 1.54) is 0 Å². The van der Waals surface area contributed by atoms with Crippen LogP contribution in [0.2, 0.25) is 0 Å². The third-order valence-electron chi connectivity index (χ3n) is 2.15. The number of carbonyl (C=O) groups excluding carboxylic acids is 2. The van der Waals surface area contributed by atoms with Crippen LogP contribution in [0.5, 0.6) is 0 Å². The number of anilines is 1. The predicted octanol–water partition coefficient (Wildman–Crippen LogP) is 2.39. The molecule has 0 aliphatic carbocycles. The van der Waals surface area contributed by atoms with E-state index in [4.69, 9.17) is 11.8 Å². The van der Waals surface area contributed by atoms with Crippen LogP contribution >= 0.6 is 11.8 Å². The van der Waals surface area contributed by atoms with Crippen molar-refractivity contribution in [1.82, 2.24) is 0 Å². The van der Waals surface area contributed by atoms with E-state index in [1.807, 2.05) is 0 Å². The zero-order valence-corrected chi connectivity index (χ0v) is 8.26. The van der Waals surface area contributed by atoms with Gasteiger partial charge in [-0.05, 0) is 18.2 Å². The molecule has 16 heavy (non-hydrogen) atoms. The van der Waals surface area contributed by atoms with Gasteiger partial charge in [0.05, 0.1) is 16.8 Å². The number of carbonyl (C=O) groups is 2. The minimum absolute atomic E-state index is 0.0235. The van der Waals surface area contributed by atoms with E-state index < -0.39 is 23.4 Å². The molecule has 0 radical (unpaired) electrons. The van der Waals surface area contributed by atoms with E-state index in [9.17, 15) is 22.8 Å². The maximum atomic E-state index is 12.3. The van der Waals surface area contributed by atoms with Crippen LogP contribution in [0.25, 0.3) is 0 Å². The lowest BCUT2D eigenvalue weighted by molar-refractivity contribution is -0.137. The van der Waals surface area contributed by atoms with E-state index in [-0.39, 0.29) is 11.3 Å². The molecular weight excluding hydrogens is 247 g/mol. The molecule has 0 spiro atoms. The third kappa shape index (κ3) is 1.46. The first-order chi connectivity index (χ1) is 7.32. The highest BCUT2D eigenvalue weighted by Gasteiger charge is 2.38. The minimum Gasteiger partial charge on any atom is -0.283 e. The number of fused-ring (bicyclic) bond motifs is 1. The van der Waals surface area contributed by atoms with Gasteiger partial charge in [-0.3, -0.25) is 9.59 Å². The van der Waals surface area contributed by atoms with E-state index in [0.717, 1.165) is 12.1 Å². The Morgan fingerprint density at radius 3 is 2.38 bits per heavy atom. The van der Waals surface area contributed by atoms with Crippen molar-refractivity contribution in [3.63, 3.8) is 0 Å². The Kier molecular flexibility index (Phi) is 2.20. The number of benzene rings is 1. The van der Waals surface area contributed by atoms with Crippen LogP contribution in [0.15, 0.2) is 18.2 Å². The molecule has 1 heterocycles. The smallest absolute Gasteiger partial charge is 0.283 e. The summed E-state index contributed by atoms with van der Waals surface area (Å²) in [5.74, 6) is -2.08. The monoisotopic (exact) mass is 249 g/mol. The molecular formula is C9H3ClF3NO2. The highest BCUT2D eigenvalue weighted by Crippen LogP contribution is 2.36. The second-order valence-electron chi connectivity index (χ2n) is 3.14. The van der Waals surface area contributed by atoms with Crippen molar-refractivity contribution in [2.24, 2.45) is 0 Å². The summed E-state index contributed by atoms with van der Waals surface area (Å²) in [7, 11) is 0. The Labute approximate surface area is 92.5 Å². The Hall–Kier alpha value is -1.56. The fourth-order valence-electron chi connectivity index (χ4n) is 1.38. The molecule has 7 heteroatoms. The Morgan fingerprint density at radius 2 is 1.81 bits per heavy atom. The molecule has 0 N–H and O–H groups in total. The number of halogens is 4. The number of nitrogens with zero attached hydrogens (tertiary/aromatic N) is 1. The van der Waals surface area contributed by atoms with Gasteiger partial charge >= 0.3 is 12.1 Å². The van der Waals surface area contributed by atoms with Gasteiger partial charge in [0, 0.05) is 11.8 Å². The van der Waals surface area contributed by atoms with Crippen molar-refractivity contribution in [2.45, 2.75) is 6.18 Å². The number of Topliss-reactive ketones (excluding diaryl/α,β-unsaturated/α-hetero) is 1. The molecule has 0 unspecified atom stereocenters. The van der Waals surface area contributed by atoms with Crippen LogP contribution in [-0.2, 0) is 11.0 Å². The summed E-state index contributed by atoms with van der Waals surface area (Å²) in [5.41, 5.74) is -1.33. The van der Waals surface area contributed by atoms with Gasteiger partial charge in [-0.1, -0.05) is 0 Å². The third-order valence-corrected chi connectivity index (χ3v) is 2.49. The normalized spacial score (nSPS) is 15.6. The molecule has 0 atom stereocenters. The topological polar surface area (TPSA) is 37.4 Å². The van der Waals surface area contributed by atoms with Gasteiger partial charge < -0.3 is 0 Å². The lowest BCUT2D eigenvalue weighted by atomic mass is 10.1. The van der Waals surface area contributed by atoms with Crippen LogP contribution in [0.1, 0.15) is 15.9 Å². The van der Waals surface area contributed by atoms with Crippen molar-refractivity contribution in [2.75, 3.05) is 4.42 Å². The average Bonchev–Trinajstić information content (AvgIpc) is 2.43. The molecule has 1 aromatic rings. The van der Waals surface area contributed by atoms with Crippen molar-refractivity contribution in [3.8, 4) is 0 Å². The summed E-state index contributed by atoms with van der Waals surface area (Å²) >= 11 is 5.44.